The van der Waals surface area contributed by atoms with Gasteiger partial charge in [0.05, 0.1) is 18.5 Å². The Bertz CT molecular complexity index is 712. The smallest absolute Gasteiger partial charge is 0.372 e. The highest BCUT2D eigenvalue weighted by Gasteiger charge is 2.06. The van der Waals surface area contributed by atoms with Crippen LogP contribution in [0.15, 0.2) is 51.3 Å². The lowest BCUT2D eigenvalue weighted by Gasteiger charge is -2.18. The number of anilines is 1. The molecule has 0 aliphatic carbocycles. The summed E-state index contributed by atoms with van der Waals surface area (Å²) in [6.07, 6.45) is 1.47. The molecular weight excluding hydrogens is 312 g/mol. The van der Waals surface area contributed by atoms with E-state index in [0.717, 1.165) is 5.69 Å². The van der Waals surface area contributed by atoms with Crippen LogP contribution in [0.4, 0.5) is 17.3 Å². The normalized spacial score (nSPS) is 11.9. The Kier molecular flexibility index (Phi) is 5.20. The van der Waals surface area contributed by atoms with E-state index < -0.39 is 10.4 Å². The summed E-state index contributed by atoms with van der Waals surface area (Å²) in [5.74, 6) is 0.309. The van der Waals surface area contributed by atoms with Crippen molar-refractivity contribution in [2.45, 2.75) is 0 Å². The second-order valence-electron chi connectivity index (χ2n) is 4.24. The molecule has 0 fully saturated rings. The first-order valence-corrected chi connectivity index (χ1v) is 7.56. The third-order valence-corrected chi connectivity index (χ3v) is 3.10. The van der Waals surface area contributed by atoms with E-state index in [-0.39, 0.29) is 6.61 Å². The van der Waals surface area contributed by atoms with Crippen LogP contribution in [0.2, 0.25) is 0 Å². The van der Waals surface area contributed by atoms with Crippen LogP contribution in [0.3, 0.4) is 0 Å². The van der Waals surface area contributed by atoms with Crippen molar-refractivity contribution >= 4 is 27.7 Å². The van der Waals surface area contributed by atoms with Gasteiger partial charge in [0.2, 0.25) is 0 Å². The molecule has 0 aliphatic rings. The molecule has 118 valence electrons. The predicted molar refractivity (Wildman–Crippen MR) is 77.9 cm³/mol. The maximum Gasteiger partial charge on any atom is 0.397 e. The number of benzene rings is 1. The first-order valence-electron chi connectivity index (χ1n) is 6.19. The molecule has 0 spiro atoms. The number of hydrogen-bond donors (Lipinski definition) is 1. The Labute approximate surface area is 127 Å². The Balaban J connectivity index is 1.90. The van der Waals surface area contributed by atoms with E-state index in [1.54, 1.807) is 42.3 Å². The fourth-order valence-electron chi connectivity index (χ4n) is 1.55. The lowest BCUT2D eigenvalue weighted by molar-refractivity contribution is 0.274. The molecule has 10 heteroatoms. The highest BCUT2D eigenvalue weighted by Crippen LogP contribution is 2.21. The largest absolute Gasteiger partial charge is 0.397 e. The van der Waals surface area contributed by atoms with Crippen LogP contribution in [0.25, 0.3) is 0 Å². The fraction of sp³-hybridized carbons (Fsp3) is 0.250. The van der Waals surface area contributed by atoms with Crippen molar-refractivity contribution in [3.63, 3.8) is 0 Å². The van der Waals surface area contributed by atoms with Gasteiger partial charge in [-0.1, -0.05) is 5.16 Å². The zero-order valence-electron chi connectivity index (χ0n) is 11.7. The highest BCUT2D eigenvalue weighted by molar-refractivity contribution is 7.80. The van der Waals surface area contributed by atoms with Gasteiger partial charge in [0.15, 0.2) is 0 Å². The van der Waals surface area contributed by atoms with Gasteiger partial charge in [0.25, 0.3) is 5.88 Å². The van der Waals surface area contributed by atoms with Crippen molar-refractivity contribution in [3.8, 4) is 0 Å². The van der Waals surface area contributed by atoms with Gasteiger partial charge in [-0.15, -0.1) is 10.2 Å². The van der Waals surface area contributed by atoms with Crippen LogP contribution in [0.1, 0.15) is 0 Å². The van der Waals surface area contributed by atoms with Crippen LogP contribution >= 0.6 is 0 Å². The average molecular weight is 326 g/mol. The lowest BCUT2D eigenvalue weighted by atomic mass is 10.2. The summed E-state index contributed by atoms with van der Waals surface area (Å²) in [5.41, 5.74) is 1.46. The molecule has 22 heavy (non-hydrogen) atoms. The van der Waals surface area contributed by atoms with E-state index in [0.29, 0.717) is 18.1 Å². The molecule has 1 heterocycles. The minimum absolute atomic E-state index is 0.151. The standard InChI is InChI=1S/C12H14N4O5S/c1-16(8-9-20-22(17,18)19)11-4-2-10(3-5-11)14-15-12-6-7-13-21-12/h2-7H,8-9H2,1H3,(H,17,18,19)/b15-14+. The topological polar surface area (TPSA) is 118 Å². The monoisotopic (exact) mass is 326 g/mol. The molecule has 2 rings (SSSR count). The van der Waals surface area contributed by atoms with Crippen molar-refractivity contribution in [2.24, 2.45) is 10.2 Å². The second kappa shape index (κ2) is 7.11. The SMILES string of the molecule is CN(CCOS(=O)(=O)O)c1ccc(/N=N/c2ccno2)cc1. The lowest BCUT2D eigenvalue weighted by Crippen LogP contribution is -2.23. The fourth-order valence-corrected chi connectivity index (χ4v) is 1.84. The third kappa shape index (κ3) is 5.24. The maximum absolute atomic E-state index is 10.4. The van der Waals surface area contributed by atoms with E-state index in [9.17, 15) is 8.42 Å². The van der Waals surface area contributed by atoms with E-state index in [2.05, 4.69) is 19.6 Å². The molecule has 0 amide bonds. The maximum atomic E-state index is 10.4. The van der Waals surface area contributed by atoms with Crippen molar-refractivity contribution in [1.29, 1.82) is 0 Å². The number of rotatable bonds is 7. The van der Waals surface area contributed by atoms with Gasteiger partial charge in [0.1, 0.15) is 0 Å². The minimum atomic E-state index is -4.41. The van der Waals surface area contributed by atoms with Gasteiger partial charge >= 0.3 is 10.4 Å². The summed E-state index contributed by atoms with van der Waals surface area (Å²) in [6, 6.07) is 8.66. The highest BCUT2D eigenvalue weighted by atomic mass is 32.3. The van der Waals surface area contributed by atoms with Gasteiger partial charge in [-0.05, 0) is 24.3 Å². The Morgan fingerprint density at radius 3 is 2.59 bits per heavy atom. The van der Waals surface area contributed by atoms with Crippen LogP contribution in [0.5, 0.6) is 0 Å². The molecule has 0 saturated heterocycles. The molecule has 0 aliphatic heterocycles. The van der Waals surface area contributed by atoms with Crippen LogP contribution in [-0.4, -0.2) is 38.3 Å². The molecule has 0 radical (unpaired) electrons. The zero-order chi connectivity index (χ0) is 16.0. The number of nitrogens with zero attached hydrogens (tertiary/aromatic N) is 4. The summed E-state index contributed by atoms with van der Waals surface area (Å²) in [5, 5.41) is 11.3. The van der Waals surface area contributed by atoms with Crippen molar-refractivity contribution in [2.75, 3.05) is 25.1 Å². The van der Waals surface area contributed by atoms with Crippen molar-refractivity contribution in [3.05, 3.63) is 36.5 Å². The molecule has 0 unspecified atom stereocenters. The van der Waals surface area contributed by atoms with E-state index in [1.165, 1.54) is 6.20 Å². The molecule has 0 bridgehead atoms. The van der Waals surface area contributed by atoms with Crippen LogP contribution in [0, 0.1) is 0 Å². The van der Waals surface area contributed by atoms with Crippen molar-refractivity contribution < 1.29 is 21.7 Å². The predicted octanol–water partition coefficient (Wildman–Crippen LogP) is 2.35. The average Bonchev–Trinajstić information content (AvgIpc) is 2.97. The zero-order valence-corrected chi connectivity index (χ0v) is 12.5. The van der Waals surface area contributed by atoms with E-state index >= 15 is 0 Å². The summed E-state index contributed by atoms with van der Waals surface area (Å²) < 4.78 is 38.4. The summed E-state index contributed by atoms with van der Waals surface area (Å²) in [7, 11) is -2.64. The molecular formula is C12H14N4O5S. The molecule has 1 N–H and O–H groups in total. The molecule has 9 nitrogen and oxygen atoms in total. The molecule has 2 aromatic rings. The summed E-state index contributed by atoms with van der Waals surface area (Å²) >= 11 is 0. The van der Waals surface area contributed by atoms with Gasteiger partial charge < -0.3 is 9.42 Å². The summed E-state index contributed by atoms with van der Waals surface area (Å²) in [4.78, 5) is 1.77. The number of azo groups is 1. The Morgan fingerprint density at radius 2 is 2.00 bits per heavy atom. The van der Waals surface area contributed by atoms with E-state index in [1.807, 2.05) is 0 Å². The first kappa shape index (κ1) is 16.1. The molecule has 0 saturated carbocycles. The quantitative estimate of drug-likeness (QED) is 0.613. The Morgan fingerprint density at radius 1 is 1.27 bits per heavy atom. The summed E-state index contributed by atoms with van der Waals surface area (Å²) in [6.45, 7) is 0.140. The molecule has 0 atom stereocenters. The van der Waals surface area contributed by atoms with Crippen LogP contribution in [-0.2, 0) is 14.6 Å². The third-order valence-electron chi connectivity index (χ3n) is 2.64. The van der Waals surface area contributed by atoms with Gasteiger partial charge in [-0.2, -0.15) is 8.42 Å². The number of hydrogen-bond acceptors (Lipinski definition) is 8. The first-order chi connectivity index (χ1) is 10.4. The van der Waals surface area contributed by atoms with Gasteiger partial charge in [-0.25, -0.2) is 4.18 Å². The number of likely N-dealkylation sites (N-methyl/N-ethyl adjacent to an activating group) is 1. The van der Waals surface area contributed by atoms with Crippen LogP contribution < -0.4 is 4.90 Å². The Hall–Kier alpha value is -2.30. The minimum Gasteiger partial charge on any atom is -0.372 e. The molecule has 1 aromatic heterocycles. The molecule has 1 aromatic carbocycles. The second-order valence-corrected chi connectivity index (χ2v) is 5.33. The van der Waals surface area contributed by atoms with Gasteiger partial charge in [-0.3, -0.25) is 4.55 Å². The van der Waals surface area contributed by atoms with E-state index in [4.69, 9.17) is 9.08 Å². The van der Waals surface area contributed by atoms with Gasteiger partial charge in [0, 0.05) is 25.3 Å². The van der Waals surface area contributed by atoms with Crippen molar-refractivity contribution in [1.82, 2.24) is 5.16 Å². The number of aromatic nitrogens is 1.